The van der Waals surface area contributed by atoms with Crippen molar-refractivity contribution in [2.24, 2.45) is 0 Å². The Labute approximate surface area is 111 Å². The number of nitrogens with zero attached hydrogens (tertiary/aromatic N) is 1. The van der Waals surface area contributed by atoms with E-state index in [0.717, 1.165) is 0 Å². The summed E-state index contributed by atoms with van der Waals surface area (Å²) in [4.78, 5) is 13.9. The molecular weight excluding hydrogens is 250 g/mol. The Kier molecular flexibility index (Phi) is 4.24. The fraction of sp³-hybridized carbons (Fsp3) is 0.462. The predicted octanol–water partition coefficient (Wildman–Crippen LogP) is 0.234. The molecule has 1 amide bonds. The molecule has 1 aliphatic rings. The third-order valence-electron chi connectivity index (χ3n) is 3.12. The number of aromatic hydroxyl groups is 1. The predicted molar refractivity (Wildman–Crippen MR) is 67.4 cm³/mol. The van der Waals surface area contributed by atoms with Gasteiger partial charge >= 0.3 is 0 Å². The second kappa shape index (κ2) is 5.90. The monoisotopic (exact) mass is 267 g/mol. The first-order valence-electron chi connectivity index (χ1n) is 6.04. The quantitative estimate of drug-likeness (QED) is 0.820. The highest BCUT2D eigenvalue weighted by Crippen LogP contribution is 2.27. The maximum Gasteiger partial charge on any atom is 0.254 e. The number of rotatable bonds is 3. The molecule has 0 aromatic heterocycles. The van der Waals surface area contributed by atoms with E-state index in [-0.39, 0.29) is 24.3 Å². The second-order valence-corrected chi connectivity index (χ2v) is 4.30. The molecule has 104 valence electrons. The lowest BCUT2D eigenvalue weighted by Gasteiger charge is -2.34. The summed E-state index contributed by atoms with van der Waals surface area (Å²) in [6.45, 7) is 1.06. The van der Waals surface area contributed by atoms with Crippen molar-refractivity contribution < 1.29 is 24.5 Å². The Morgan fingerprint density at radius 1 is 1.58 bits per heavy atom. The van der Waals surface area contributed by atoms with E-state index >= 15 is 0 Å². The van der Waals surface area contributed by atoms with Gasteiger partial charge in [0, 0.05) is 12.1 Å². The van der Waals surface area contributed by atoms with E-state index < -0.39 is 0 Å². The highest BCUT2D eigenvalue weighted by atomic mass is 16.5. The van der Waals surface area contributed by atoms with Gasteiger partial charge in [0.15, 0.2) is 11.5 Å². The third kappa shape index (κ3) is 2.80. The molecule has 2 N–H and O–H groups in total. The minimum atomic E-state index is -0.342. The summed E-state index contributed by atoms with van der Waals surface area (Å²) in [6, 6.07) is 4.15. The lowest BCUT2D eigenvalue weighted by molar-refractivity contribution is -0.0184. The van der Waals surface area contributed by atoms with Crippen LogP contribution in [-0.4, -0.2) is 60.5 Å². The minimum absolute atomic E-state index is 0.0813. The number of phenolic OH excluding ortho intramolecular Hbond substituents is 1. The van der Waals surface area contributed by atoms with E-state index in [4.69, 9.17) is 9.47 Å². The summed E-state index contributed by atoms with van der Waals surface area (Å²) in [5.41, 5.74) is 0.360. The Hall–Kier alpha value is -1.79. The number of benzene rings is 1. The number of aliphatic hydroxyl groups excluding tert-OH is 1. The zero-order chi connectivity index (χ0) is 13.8. The number of morpholine rings is 1. The Morgan fingerprint density at radius 2 is 2.37 bits per heavy atom. The first-order chi connectivity index (χ1) is 9.17. The second-order valence-electron chi connectivity index (χ2n) is 4.30. The maximum atomic E-state index is 12.3. The van der Waals surface area contributed by atoms with Crippen LogP contribution in [0.4, 0.5) is 0 Å². The van der Waals surface area contributed by atoms with Crippen molar-refractivity contribution in [3.05, 3.63) is 23.8 Å². The van der Waals surface area contributed by atoms with E-state index in [9.17, 15) is 15.0 Å². The molecule has 0 spiro atoms. The molecule has 1 atom stereocenters. The lowest BCUT2D eigenvalue weighted by Crippen LogP contribution is -2.50. The van der Waals surface area contributed by atoms with Crippen LogP contribution in [0.2, 0.25) is 0 Å². The van der Waals surface area contributed by atoms with Gasteiger partial charge in [-0.25, -0.2) is 0 Å². The molecule has 6 nitrogen and oxygen atoms in total. The number of carbonyl (C=O) groups is 1. The van der Waals surface area contributed by atoms with Gasteiger partial charge in [-0.2, -0.15) is 0 Å². The number of methoxy groups -OCH3 is 1. The van der Waals surface area contributed by atoms with Gasteiger partial charge in [-0.05, 0) is 18.2 Å². The lowest BCUT2D eigenvalue weighted by atomic mass is 10.1. The van der Waals surface area contributed by atoms with Crippen LogP contribution in [0.1, 0.15) is 10.4 Å². The molecule has 1 fully saturated rings. The zero-order valence-corrected chi connectivity index (χ0v) is 10.7. The van der Waals surface area contributed by atoms with E-state index in [1.807, 2.05) is 0 Å². The Morgan fingerprint density at radius 3 is 3.00 bits per heavy atom. The van der Waals surface area contributed by atoms with Crippen molar-refractivity contribution in [2.75, 3.05) is 33.5 Å². The van der Waals surface area contributed by atoms with Gasteiger partial charge in [-0.1, -0.05) is 0 Å². The molecule has 1 heterocycles. The Bertz CT molecular complexity index is 462. The molecule has 0 saturated carbocycles. The summed E-state index contributed by atoms with van der Waals surface area (Å²) in [7, 11) is 1.44. The zero-order valence-electron chi connectivity index (χ0n) is 10.7. The summed E-state index contributed by atoms with van der Waals surface area (Å²) < 4.78 is 10.2. The molecule has 1 aliphatic heterocycles. The average molecular weight is 267 g/mol. The highest BCUT2D eigenvalue weighted by molar-refractivity contribution is 5.95. The van der Waals surface area contributed by atoms with E-state index in [0.29, 0.717) is 31.1 Å². The van der Waals surface area contributed by atoms with E-state index in [1.165, 1.54) is 19.2 Å². The molecule has 0 bridgehead atoms. The van der Waals surface area contributed by atoms with Crippen molar-refractivity contribution in [1.29, 1.82) is 0 Å². The van der Waals surface area contributed by atoms with E-state index in [2.05, 4.69) is 0 Å². The van der Waals surface area contributed by atoms with Crippen LogP contribution in [0.5, 0.6) is 11.5 Å². The molecule has 6 heteroatoms. The standard InChI is InChI=1S/C13H17NO5/c1-18-12-3-2-9(6-11(12)16)13(17)14-4-5-19-8-10(14)7-15/h2-3,6,10,15-16H,4-5,7-8H2,1H3. The Balaban J connectivity index is 2.20. The van der Waals surface area contributed by atoms with Gasteiger partial charge in [0.2, 0.25) is 0 Å². The van der Waals surface area contributed by atoms with Gasteiger partial charge in [-0.3, -0.25) is 4.79 Å². The molecule has 0 aliphatic carbocycles. The van der Waals surface area contributed by atoms with Crippen LogP contribution in [0, 0.1) is 0 Å². The average Bonchev–Trinajstić information content (AvgIpc) is 2.46. The fourth-order valence-corrected chi connectivity index (χ4v) is 2.06. The van der Waals surface area contributed by atoms with Gasteiger partial charge in [0.25, 0.3) is 5.91 Å². The summed E-state index contributed by atoms with van der Waals surface area (Å²) in [5.74, 6) is -0.000281. The minimum Gasteiger partial charge on any atom is -0.504 e. The summed E-state index contributed by atoms with van der Waals surface area (Å²) >= 11 is 0. The van der Waals surface area contributed by atoms with Crippen LogP contribution >= 0.6 is 0 Å². The van der Waals surface area contributed by atoms with Crippen LogP contribution in [0.25, 0.3) is 0 Å². The van der Waals surface area contributed by atoms with Crippen molar-refractivity contribution in [1.82, 2.24) is 4.90 Å². The van der Waals surface area contributed by atoms with E-state index in [1.54, 1.807) is 11.0 Å². The van der Waals surface area contributed by atoms with Crippen LogP contribution in [0.15, 0.2) is 18.2 Å². The van der Waals surface area contributed by atoms with Crippen molar-refractivity contribution in [3.8, 4) is 11.5 Å². The first-order valence-corrected chi connectivity index (χ1v) is 6.04. The molecule has 1 saturated heterocycles. The topological polar surface area (TPSA) is 79.2 Å². The molecular formula is C13H17NO5. The highest BCUT2D eigenvalue weighted by Gasteiger charge is 2.27. The van der Waals surface area contributed by atoms with Crippen LogP contribution in [-0.2, 0) is 4.74 Å². The first kappa shape index (κ1) is 13.6. The van der Waals surface area contributed by atoms with Crippen molar-refractivity contribution in [2.45, 2.75) is 6.04 Å². The van der Waals surface area contributed by atoms with Crippen LogP contribution in [0.3, 0.4) is 0 Å². The molecule has 1 aromatic carbocycles. The van der Waals surface area contributed by atoms with Gasteiger partial charge in [-0.15, -0.1) is 0 Å². The maximum absolute atomic E-state index is 12.3. The number of amides is 1. The van der Waals surface area contributed by atoms with Crippen molar-refractivity contribution in [3.63, 3.8) is 0 Å². The smallest absolute Gasteiger partial charge is 0.254 e. The number of hydrogen-bond donors (Lipinski definition) is 2. The molecule has 2 rings (SSSR count). The molecule has 19 heavy (non-hydrogen) atoms. The van der Waals surface area contributed by atoms with Gasteiger partial charge < -0.3 is 24.6 Å². The van der Waals surface area contributed by atoms with Gasteiger partial charge in [0.05, 0.1) is 33.0 Å². The molecule has 1 aromatic rings. The van der Waals surface area contributed by atoms with Crippen molar-refractivity contribution >= 4 is 5.91 Å². The number of aliphatic hydroxyl groups is 1. The van der Waals surface area contributed by atoms with Crippen LogP contribution < -0.4 is 4.74 Å². The number of phenols is 1. The summed E-state index contributed by atoms with van der Waals surface area (Å²) in [5, 5.41) is 18.9. The third-order valence-corrected chi connectivity index (χ3v) is 3.12. The number of carbonyl (C=O) groups excluding carboxylic acids is 1. The molecule has 1 unspecified atom stereocenters. The molecule has 0 radical (unpaired) electrons. The summed E-state index contributed by atoms with van der Waals surface area (Å²) in [6.07, 6.45) is 0. The van der Waals surface area contributed by atoms with Gasteiger partial charge in [0.1, 0.15) is 0 Å². The largest absolute Gasteiger partial charge is 0.504 e. The number of hydrogen-bond acceptors (Lipinski definition) is 5. The fourth-order valence-electron chi connectivity index (χ4n) is 2.06. The SMILES string of the molecule is COc1ccc(C(=O)N2CCOCC2CO)cc1O. The number of ether oxygens (including phenoxy) is 2. The normalized spacial score (nSPS) is 19.3.